The molecule has 6 nitrogen and oxygen atoms in total. The molecule has 0 fully saturated rings. The zero-order valence-corrected chi connectivity index (χ0v) is 19.9. The highest BCUT2D eigenvalue weighted by atomic mass is 35.5. The van der Waals surface area contributed by atoms with Gasteiger partial charge in [-0.2, -0.15) is 0 Å². The first-order valence-electron chi connectivity index (χ1n) is 10.5. The molecule has 34 heavy (non-hydrogen) atoms. The van der Waals surface area contributed by atoms with Gasteiger partial charge in [0.1, 0.15) is 0 Å². The number of thiazole rings is 1. The maximum absolute atomic E-state index is 13.2. The number of anilines is 3. The Balaban J connectivity index is 1.56. The Morgan fingerprint density at radius 2 is 1.71 bits per heavy atom. The molecule has 0 atom stereocenters. The molecule has 0 unspecified atom stereocenters. The number of carbonyl (C=O) groups is 2. The Morgan fingerprint density at radius 3 is 2.38 bits per heavy atom. The second-order valence-electron chi connectivity index (χ2n) is 7.30. The predicted molar refractivity (Wildman–Crippen MR) is 137 cm³/mol. The third kappa shape index (κ3) is 5.75. The average Bonchev–Trinajstić information content (AvgIpc) is 3.31. The van der Waals surface area contributed by atoms with E-state index in [9.17, 15) is 9.59 Å². The van der Waals surface area contributed by atoms with Gasteiger partial charge in [0, 0.05) is 35.3 Å². The minimum Gasteiger partial charge on any atom is -0.303 e. The van der Waals surface area contributed by atoms with Gasteiger partial charge >= 0.3 is 0 Å². The van der Waals surface area contributed by atoms with Gasteiger partial charge in [0.15, 0.2) is 5.13 Å². The van der Waals surface area contributed by atoms with Gasteiger partial charge in [-0.05, 0) is 54.6 Å². The van der Waals surface area contributed by atoms with E-state index in [0.717, 1.165) is 11.4 Å². The predicted octanol–water partition coefficient (Wildman–Crippen LogP) is 6.12. The van der Waals surface area contributed by atoms with Crippen molar-refractivity contribution in [1.29, 1.82) is 0 Å². The molecule has 2 aromatic carbocycles. The summed E-state index contributed by atoms with van der Waals surface area (Å²) in [4.78, 5) is 37.5. The van der Waals surface area contributed by atoms with Gasteiger partial charge in [0.25, 0.3) is 5.91 Å². The molecule has 0 spiro atoms. The Morgan fingerprint density at radius 1 is 0.971 bits per heavy atom. The third-order valence-electron chi connectivity index (χ3n) is 4.88. The molecule has 170 valence electrons. The number of carbonyl (C=O) groups excluding carboxylic acids is 2. The van der Waals surface area contributed by atoms with Gasteiger partial charge in [0.2, 0.25) is 5.91 Å². The second-order valence-corrected chi connectivity index (χ2v) is 8.57. The molecule has 0 N–H and O–H groups in total. The molecule has 0 saturated carbocycles. The number of amides is 2. The smallest absolute Gasteiger partial charge is 0.251 e. The second kappa shape index (κ2) is 10.9. The van der Waals surface area contributed by atoms with Crippen LogP contribution in [-0.4, -0.2) is 21.8 Å². The van der Waals surface area contributed by atoms with Gasteiger partial charge in [-0.3, -0.25) is 19.5 Å². The Bertz CT molecular complexity index is 1290. The number of hydrogen-bond donors (Lipinski definition) is 0. The van der Waals surface area contributed by atoms with Crippen molar-refractivity contribution in [1.82, 2.24) is 9.97 Å². The van der Waals surface area contributed by atoms with Crippen LogP contribution < -0.4 is 9.80 Å². The molecule has 0 radical (unpaired) electrons. The van der Waals surface area contributed by atoms with Gasteiger partial charge in [-0.25, -0.2) is 4.98 Å². The number of rotatable bonds is 7. The monoisotopic (exact) mass is 488 g/mol. The minimum atomic E-state index is -0.228. The van der Waals surface area contributed by atoms with Crippen LogP contribution in [0, 0.1) is 0 Å². The normalized spacial score (nSPS) is 10.9. The number of halogens is 1. The van der Waals surface area contributed by atoms with E-state index in [4.69, 9.17) is 11.6 Å². The van der Waals surface area contributed by atoms with Crippen molar-refractivity contribution in [3.8, 4) is 0 Å². The van der Waals surface area contributed by atoms with Gasteiger partial charge in [0.05, 0.1) is 23.6 Å². The van der Waals surface area contributed by atoms with Crippen molar-refractivity contribution in [2.24, 2.45) is 0 Å². The number of para-hydroxylation sites is 1. The Kier molecular flexibility index (Phi) is 7.47. The standard InChI is InChI=1S/C26H21ClN4O2S/c1-19(32)31(24-8-3-2-4-9-24)26-29-22(18-34-26)12-15-25(33)30(17-21-7-5-6-16-28-21)23-13-10-20(27)11-14-23/h2-16,18H,17H2,1H3/b15-12+. The number of hydrogen-bond acceptors (Lipinski definition) is 5. The molecular weight excluding hydrogens is 468 g/mol. The first kappa shape index (κ1) is 23.4. The lowest BCUT2D eigenvalue weighted by Crippen LogP contribution is -2.29. The maximum Gasteiger partial charge on any atom is 0.251 e. The molecule has 0 aliphatic heterocycles. The van der Waals surface area contributed by atoms with Gasteiger partial charge < -0.3 is 4.90 Å². The molecule has 0 aliphatic carbocycles. The van der Waals surface area contributed by atoms with E-state index < -0.39 is 0 Å². The number of aromatic nitrogens is 2. The summed E-state index contributed by atoms with van der Waals surface area (Å²) in [5, 5.41) is 2.94. The maximum atomic E-state index is 13.2. The fraction of sp³-hybridized carbons (Fsp3) is 0.0769. The number of pyridine rings is 1. The molecule has 2 aromatic heterocycles. The summed E-state index contributed by atoms with van der Waals surface area (Å²) in [6, 6.07) is 22.0. The molecule has 0 saturated heterocycles. The molecule has 8 heteroatoms. The minimum absolute atomic E-state index is 0.142. The first-order chi connectivity index (χ1) is 16.5. The summed E-state index contributed by atoms with van der Waals surface area (Å²) in [5.41, 5.74) is 2.79. The van der Waals surface area contributed by atoms with Crippen LogP contribution in [0.3, 0.4) is 0 Å². The van der Waals surface area contributed by atoms with Crippen LogP contribution in [-0.2, 0) is 16.1 Å². The SMILES string of the molecule is CC(=O)N(c1ccccc1)c1nc(/C=C/C(=O)N(Cc2ccccn2)c2ccc(Cl)cc2)cs1. The highest BCUT2D eigenvalue weighted by Gasteiger charge is 2.18. The molecule has 4 aromatic rings. The van der Waals surface area contributed by atoms with E-state index in [1.807, 2.05) is 53.9 Å². The quantitative estimate of drug-likeness (QED) is 0.294. The lowest BCUT2D eigenvalue weighted by Gasteiger charge is -2.21. The molecule has 2 heterocycles. The van der Waals surface area contributed by atoms with Crippen LogP contribution in [0.5, 0.6) is 0 Å². The van der Waals surface area contributed by atoms with Crippen molar-refractivity contribution < 1.29 is 9.59 Å². The van der Waals surface area contributed by atoms with Crippen molar-refractivity contribution in [3.63, 3.8) is 0 Å². The fourth-order valence-corrected chi connectivity index (χ4v) is 4.26. The third-order valence-corrected chi connectivity index (χ3v) is 5.97. The van der Waals surface area contributed by atoms with E-state index in [1.54, 1.807) is 46.3 Å². The van der Waals surface area contributed by atoms with Crippen LogP contribution in [0.25, 0.3) is 6.08 Å². The van der Waals surface area contributed by atoms with Gasteiger partial charge in [-0.1, -0.05) is 35.9 Å². The highest BCUT2D eigenvalue weighted by Crippen LogP contribution is 2.29. The van der Waals surface area contributed by atoms with Crippen molar-refractivity contribution in [2.45, 2.75) is 13.5 Å². The lowest BCUT2D eigenvalue weighted by atomic mass is 10.2. The summed E-state index contributed by atoms with van der Waals surface area (Å²) in [6.07, 6.45) is 4.81. The van der Waals surface area contributed by atoms with E-state index in [0.29, 0.717) is 28.1 Å². The van der Waals surface area contributed by atoms with Crippen LogP contribution in [0.2, 0.25) is 5.02 Å². The molecule has 4 rings (SSSR count). The highest BCUT2D eigenvalue weighted by molar-refractivity contribution is 7.14. The van der Waals surface area contributed by atoms with E-state index in [-0.39, 0.29) is 11.8 Å². The lowest BCUT2D eigenvalue weighted by molar-refractivity contribution is -0.116. The fourth-order valence-electron chi connectivity index (χ4n) is 3.28. The summed E-state index contributed by atoms with van der Waals surface area (Å²) in [6.45, 7) is 1.80. The van der Waals surface area contributed by atoms with Crippen molar-refractivity contribution in [3.05, 3.63) is 107 Å². The van der Waals surface area contributed by atoms with Gasteiger partial charge in [-0.15, -0.1) is 11.3 Å². The van der Waals surface area contributed by atoms with E-state index >= 15 is 0 Å². The summed E-state index contributed by atoms with van der Waals surface area (Å²) in [7, 11) is 0. The topological polar surface area (TPSA) is 66.4 Å². The zero-order valence-electron chi connectivity index (χ0n) is 18.3. The van der Waals surface area contributed by atoms with Crippen LogP contribution in [0.15, 0.2) is 90.4 Å². The Labute approximate surface area is 206 Å². The zero-order chi connectivity index (χ0) is 23.9. The molecule has 2 amide bonds. The number of nitrogens with zero attached hydrogens (tertiary/aromatic N) is 4. The van der Waals surface area contributed by atoms with Crippen LogP contribution in [0.4, 0.5) is 16.5 Å². The Hall–Kier alpha value is -3.81. The van der Waals surface area contributed by atoms with Crippen LogP contribution in [0.1, 0.15) is 18.3 Å². The van der Waals surface area contributed by atoms with Crippen molar-refractivity contribution in [2.75, 3.05) is 9.80 Å². The largest absolute Gasteiger partial charge is 0.303 e. The van der Waals surface area contributed by atoms with Crippen LogP contribution >= 0.6 is 22.9 Å². The summed E-state index contributed by atoms with van der Waals surface area (Å²) < 4.78 is 0. The molecular formula is C26H21ClN4O2S. The summed E-state index contributed by atoms with van der Waals surface area (Å²) in [5.74, 6) is -0.370. The summed E-state index contributed by atoms with van der Waals surface area (Å²) >= 11 is 7.36. The van der Waals surface area contributed by atoms with E-state index in [2.05, 4.69) is 9.97 Å². The molecule has 0 aliphatic rings. The molecule has 0 bridgehead atoms. The van der Waals surface area contributed by atoms with Crippen molar-refractivity contribution >= 4 is 57.3 Å². The first-order valence-corrected chi connectivity index (χ1v) is 11.7. The average molecular weight is 489 g/mol. The van der Waals surface area contributed by atoms with E-state index in [1.165, 1.54) is 24.3 Å². The number of benzene rings is 2.